The lowest BCUT2D eigenvalue weighted by molar-refractivity contribution is -0.139. The van der Waals surface area contributed by atoms with Gasteiger partial charge in [0.2, 0.25) is 0 Å². The summed E-state index contributed by atoms with van der Waals surface area (Å²) in [5.74, 6) is 0.0282. The van der Waals surface area contributed by atoms with Gasteiger partial charge in [0.05, 0.1) is 38.1 Å². The first kappa shape index (κ1) is 24.2. The fraction of sp³-hybridized carbons (Fsp3) is 0.208. The quantitative estimate of drug-likeness (QED) is 0.152. The SMILES string of the molecule is C=COC(=O)CCOc1ccc(OC(=O)c2ccc(OCCCOC(=O)C=C)cc2)cc1. The minimum Gasteiger partial charge on any atom is -0.493 e. The zero-order chi connectivity index (χ0) is 23.2. The second-order valence-corrected chi connectivity index (χ2v) is 6.21. The summed E-state index contributed by atoms with van der Waals surface area (Å²) in [7, 11) is 0. The highest BCUT2D eigenvalue weighted by atomic mass is 16.5. The lowest BCUT2D eigenvalue weighted by Crippen LogP contribution is -2.09. The zero-order valence-corrected chi connectivity index (χ0v) is 17.5. The molecule has 0 spiro atoms. The molecule has 2 rings (SSSR count). The van der Waals surface area contributed by atoms with Gasteiger partial charge in [-0.1, -0.05) is 13.2 Å². The van der Waals surface area contributed by atoms with Crippen molar-refractivity contribution in [3.05, 3.63) is 79.6 Å². The summed E-state index contributed by atoms with van der Waals surface area (Å²) in [6.45, 7) is 7.37. The summed E-state index contributed by atoms with van der Waals surface area (Å²) >= 11 is 0. The highest BCUT2D eigenvalue weighted by Gasteiger charge is 2.09. The van der Waals surface area contributed by atoms with E-state index in [0.717, 1.165) is 12.3 Å². The van der Waals surface area contributed by atoms with Gasteiger partial charge in [-0.2, -0.15) is 0 Å². The summed E-state index contributed by atoms with van der Waals surface area (Å²) in [4.78, 5) is 34.4. The zero-order valence-electron chi connectivity index (χ0n) is 17.5. The van der Waals surface area contributed by atoms with Crippen molar-refractivity contribution in [3.63, 3.8) is 0 Å². The molecule has 0 atom stereocenters. The number of hydrogen-bond donors (Lipinski definition) is 0. The molecule has 0 saturated carbocycles. The molecule has 0 fully saturated rings. The van der Waals surface area contributed by atoms with Crippen LogP contribution in [0.15, 0.2) is 74.0 Å². The number of benzene rings is 2. The van der Waals surface area contributed by atoms with Gasteiger partial charge in [-0.05, 0) is 48.5 Å². The number of rotatable bonds is 13. The third-order valence-corrected chi connectivity index (χ3v) is 3.88. The van der Waals surface area contributed by atoms with Crippen molar-refractivity contribution in [2.75, 3.05) is 19.8 Å². The third kappa shape index (κ3) is 8.74. The van der Waals surface area contributed by atoms with Crippen LogP contribution in [0, 0.1) is 0 Å². The largest absolute Gasteiger partial charge is 0.493 e. The topological polar surface area (TPSA) is 97.4 Å². The van der Waals surface area contributed by atoms with E-state index in [0.29, 0.717) is 35.8 Å². The van der Waals surface area contributed by atoms with Gasteiger partial charge in [0.25, 0.3) is 0 Å². The van der Waals surface area contributed by atoms with Crippen LogP contribution in [-0.2, 0) is 19.1 Å². The van der Waals surface area contributed by atoms with E-state index in [-0.39, 0.29) is 19.6 Å². The van der Waals surface area contributed by atoms with Gasteiger partial charge in [-0.15, -0.1) is 0 Å². The van der Waals surface area contributed by atoms with Crippen LogP contribution in [-0.4, -0.2) is 37.7 Å². The van der Waals surface area contributed by atoms with E-state index >= 15 is 0 Å². The first-order valence-electron chi connectivity index (χ1n) is 9.79. The maximum Gasteiger partial charge on any atom is 0.343 e. The van der Waals surface area contributed by atoms with Crippen LogP contribution in [0.3, 0.4) is 0 Å². The van der Waals surface area contributed by atoms with Gasteiger partial charge in [0, 0.05) is 12.5 Å². The van der Waals surface area contributed by atoms with Crippen molar-refractivity contribution in [1.82, 2.24) is 0 Å². The number of esters is 3. The first-order valence-corrected chi connectivity index (χ1v) is 9.79. The normalized spacial score (nSPS) is 9.88. The Morgan fingerprint density at radius 3 is 2.00 bits per heavy atom. The standard InChI is InChI=1S/C24H24O8/c1-3-22(25)31-16-5-15-29-19-8-6-18(7-9-19)24(27)32-21-12-10-20(11-13-21)30-17-14-23(26)28-4-2/h3-4,6-13H,1-2,5,14-17H2. The molecule has 0 amide bonds. The molecule has 168 valence electrons. The molecule has 0 saturated heterocycles. The van der Waals surface area contributed by atoms with Crippen molar-refractivity contribution in [2.24, 2.45) is 0 Å². The van der Waals surface area contributed by atoms with Crippen molar-refractivity contribution in [2.45, 2.75) is 12.8 Å². The van der Waals surface area contributed by atoms with Gasteiger partial charge in [-0.25, -0.2) is 9.59 Å². The van der Waals surface area contributed by atoms with E-state index in [2.05, 4.69) is 17.9 Å². The number of carbonyl (C=O) groups excluding carboxylic acids is 3. The van der Waals surface area contributed by atoms with Crippen molar-refractivity contribution < 1.29 is 38.1 Å². The second-order valence-electron chi connectivity index (χ2n) is 6.21. The van der Waals surface area contributed by atoms with Gasteiger partial charge in [-0.3, -0.25) is 4.79 Å². The maximum atomic E-state index is 12.3. The summed E-state index contributed by atoms with van der Waals surface area (Å²) < 4.78 is 25.7. The minimum atomic E-state index is -0.520. The molecule has 0 radical (unpaired) electrons. The molecule has 0 aliphatic rings. The Morgan fingerprint density at radius 2 is 1.38 bits per heavy atom. The summed E-state index contributed by atoms with van der Waals surface area (Å²) in [6.07, 6.45) is 2.79. The highest BCUT2D eigenvalue weighted by Crippen LogP contribution is 2.20. The van der Waals surface area contributed by atoms with Crippen LogP contribution < -0.4 is 14.2 Å². The Kier molecular flexibility index (Phi) is 10.0. The first-order chi connectivity index (χ1) is 15.5. The Hall–Kier alpha value is -4.07. The van der Waals surface area contributed by atoms with E-state index in [1.165, 1.54) is 0 Å². The molecule has 0 aliphatic heterocycles. The van der Waals surface area contributed by atoms with Crippen LogP contribution in [0.4, 0.5) is 0 Å². The average molecular weight is 440 g/mol. The Morgan fingerprint density at radius 1 is 0.781 bits per heavy atom. The number of carbonyl (C=O) groups is 3. The molecule has 8 heteroatoms. The van der Waals surface area contributed by atoms with Crippen molar-refractivity contribution in [3.8, 4) is 17.2 Å². The molecule has 2 aromatic carbocycles. The predicted molar refractivity (Wildman–Crippen MR) is 116 cm³/mol. The fourth-order valence-corrected chi connectivity index (χ4v) is 2.34. The molecule has 2 aromatic rings. The maximum absolute atomic E-state index is 12.3. The number of ether oxygens (including phenoxy) is 5. The Balaban J connectivity index is 1.75. The molecular formula is C24H24O8. The van der Waals surface area contributed by atoms with Crippen LogP contribution >= 0.6 is 0 Å². The molecule has 32 heavy (non-hydrogen) atoms. The van der Waals surface area contributed by atoms with E-state index in [1.807, 2.05) is 0 Å². The van der Waals surface area contributed by atoms with Crippen LogP contribution in [0.1, 0.15) is 23.2 Å². The molecule has 0 aliphatic carbocycles. The monoisotopic (exact) mass is 440 g/mol. The van der Waals surface area contributed by atoms with Crippen LogP contribution in [0.5, 0.6) is 17.2 Å². The summed E-state index contributed by atoms with van der Waals surface area (Å²) in [5, 5.41) is 0. The van der Waals surface area contributed by atoms with Gasteiger partial charge >= 0.3 is 17.9 Å². The average Bonchev–Trinajstić information content (AvgIpc) is 2.80. The Bertz CT molecular complexity index is 916. The van der Waals surface area contributed by atoms with Crippen LogP contribution in [0.25, 0.3) is 0 Å². The third-order valence-electron chi connectivity index (χ3n) is 3.88. The van der Waals surface area contributed by atoms with Crippen molar-refractivity contribution in [1.29, 1.82) is 0 Å². The highest BCUT2D eigenvalue weighted by molar-refractivity contribution is 5.91. The fourth-order valence-electron chi connectivity index (χ4n) is 2.34. The van der Waals surface area contributed by atoms with E-state index in [1.54, 1.807) is 48.5 Å². The predicted octanol–water partition coefficient (Wildman–Crippen LogP) is 3.86. The van der Waals surface area contributed by atoms with Crippen LogP contribution in [0.2, 0.25) is 0 Å². The van der Waals surface area contributed by atoms with E-state index in [9.17, 15) is 14.4 Å². The molecule has 0 N–H and O–H groups in total. The Labute approximate surface area is 186 Å². The van der Waals surface area contributed by atoms with E-state index in [4.69, 9.17) is 18.9 Å². The molecule has 0 aromatic heterocycles. The van der Waals surface area contributed by atoms with E-state index < -0.39 is 17.9 Å². The molecule has 8 nitrogen and oxygen atoms in total. The molecular weight excluding hydrogens is 416 g/mol. The molecule has 0 bridgehead atoms. The molecule has 0 heterocycles. The number of hydrogen-bond acceptors (Lipinski definition) is 8. The van der Waals surface area contributed by atoms with Gasteiger partial charge < -0.3 is 23.7 Å². The summed E-state index contributed by atoms with van der Waals surface area (Å²) in [6, 6.07) is 12.9. The smallest absolute Gasteiger partial charge is 0.343 e. The summed E-state index contributed by atoms with van der Waals surface area (Å²) in [5.41, 5.74) is 0.360. The molecule has 0 unspecified atom stereocenters. The second kappa shape index (κ2) is 13.3. The minimum absolute atomic E-state index is 0.0885. The van der Waals surface area contributed by atoms with Crippen molar-refractivity contribution >= 4 is 17.9 Å². The van der Waals surface area contributed by atoms with Gasteiger partial charge in [0.1, 0.15) is 17.2 Å². The lowest BCUT2D eigenvalue weighted by atomic mass is 10.2. The van der Waals surface area contributed by atoms with Gasteiger partial charge in [0.15, 0.2) is 0 Å². The lowest BCUT2D eigenvalue weighted by Gasteiger charge is -2.09.